The largest absolute Gasteiger partial charge is 0.733 e. The van der Waals surface area contributed by atoms with Crippen LogP contribution in [0.4, 0.5) is 5.69 Å². The Morgan fingerprint density at radius 1 is 1.29 bits per heavy atom. The van der Waals surface area contributed by atoms with Crippen molar-refractivity contribution in [3.05, 3.63) is 46.9 Å². The SMILES string of the molecule is CC1(C)[C@@H]2CC[C@@]1(C)C(=O)C=C2OC(=O)c1ccc(N([O-])O)cc1. The molecule has 0 spiro atoms. The lowest BCUT2D eigenvalue weighted by molar-refractivity contribution is -0.130. The Labute approximate surface area is 140 Å². The Kier molecular flexibility index (Phi) is 3.77. The molecule has 2 aliphatic carbocycles. The lowest BCUT2D eigenvalue weighted by Gasteiger charge is -2.43. The number of anilines is 1. The summed E-state index contributed by atoms with van der Waals surface area (Å²) in [5.74, 6) is -0.136. The van der Waals surface area contributed by atoms with Gasteiger partial charge in [0, 0.05) is 17.4 Å². The molecular weight excluding hydrogens is 310 g/mol. The predicted octanol–water partition coefficient (Wildman–Crippen LogP) is 3.45. The third-order valence-corrected chi connectivity index (χ3v) is 5.92. The Morgan fingerprint density at radius 3 is 2.50 bits per heavy atom. The van der Waals surface area contributed by atoms with E-state index in [2.05, 4.69) is 0 Å². The molecule has 1 fully saturated rings. The van der Waals surface area contributed by atoms with Crippen LogP contribution >= 0.6 is 0 Å². The lowest BCUT2D eigenvalue weighted by atomic mass is 9.60. The van der Waals surface area contributed by atoms with Crippen LogP contribution in [-0.4, -0.2) is 17.0 Å². The molecule has 1 aromatic rings. The summed E-state index contributed by atoms with van der Waals surface area (Å²) in [6.07, 6.45) is 3.05. The molecule has 6 nitrogen and oxygen atoms in total. The lowest BCUT2D eigenvalue weighted by Crippen LogP contribution is -2.44. The van der Waals surface area contributed by atoms with Gasteiger partial charge >= 0.3 is 5.97 Å². The summed E-state index contributed by atoms with van der Waals surface area (Å²) in [7, 11) is 0. The number of hydrogen-bond acceptors (Lipinski definition) is 6. The second-order valence-electron chi connectivity index (χ2n) is 7.27. The number of allylic oxidation sites excluding steroid dienone is 2. The van der Waals surface area contributed by atoms with Gasteiger partial charge in [-0.2, -0.15) is 0 Å². The smallest absolute Gasteiger partial charge is 0.343 e. The summed E-state index contributed by atoms with van der Waals surface area (Å²) in [4.78, 5) is 24.8. The molecular formula is C18H20NO5-. The monoisotopic (exact) mass is 330 g/mol. The summed E-state index contributed by atoms with van der Waals surface area (Å²) in [6.45, 7) is 6.07. The summed E-state index contributed by atoms with van der Waals surface area (Å²) in [5.41, 5.74) is -0.406. The highest BCUT2D eigenvalue weighted by Crippen LogP contribution is 2.61. The second-order valence-corrected chi connectivity index (χ2v) is 7.27. The van der Waals surface area contributed by atoms with Crippen molar-refractivity contribution in [2.24, 2.45) is 16.7 Å². The molecule has 0 aromatic heterocycles. The van der Waals surface area contributed by atoms with Gasteiger partial charge in [-0.1, -0.05) is 20.8 Å². The zero-order valence-electron chi connectivity index (χ0n) is 13.9. The zero-order valence-corrected chi connectivity index (χ0v) is 13.9. The highest BCUT2D eigenvalue weighted by Gasteiger charge is 2.59. The third-order valence-electron chi connectivity index (χ3n) is 5.92. The summed E-state index contributed by atoms with van der Waals surface area (Å²) in [5, 5.41) is 19.3. The van der Waals surface area contributed by atoms with Crippen LogP contribution in [0.15, 0.2) is 36.1 Å². The number of ether oxygens (including phenoxy) is 1. The number of esters is 1. The van der Waals surface area contributed by atoms with Crippen LogP contribution in [0.3, 0.4) is 0 Å². The fourth-order valence-electron chi connectivity index (χ4n) is 3.82. The topological polar surface area (TPSA) is 89.9 Å². The quantitative estimate of drug-likeness (QED) is 0.674. The second kappa shape index (κ2) is 5.43. The van der Waals surface area contributed by atoms with E-state index in [0.29, 0.717) is 5.76 Å². The first-order valence-corrected chi connectivity index (χ1v) is 7.91. The maximum Gasteiger partial charge on any atom is 0.343 e. The number of rotatable bonds is 3. The molecule has 2 aliphatic rings. The molecule has 2 atom stereocenters. The minimum Gasteiger partial charge on any atom is -0.733 e. The fraction of sp³-hybridized carbons (Fsp3) is 0.444. The van der Waals surface area contributed by atoms with Crippen molar-refractivity contribution in [3.63, 3.8) is 0 Å². The number of hydrogen-bond donors (Lipinski definition) is 1. The van der Waals surface area contributed by atoms with Gasteiger partial charge in [-0.15, -0.1) is 0 Å². The Morgan fingerprint density at radius 2 is 1.92 bits per heavy atom. The van der Waals surface area contributed by atoms with Crippen LogP contribution in [0.1, 0.15) is 44.0 Å². The Hall–Kier alpha value is -2.18. The van der Waals surface area contributed by atoms with Gasteiger partial charge in [0.1, 0.15) is 5.76 Å². The van der Waals surface area contributed by atoms with Crippen LogP contribution in [0.5, 0.6) is 0 Å². The van der Waals surface area contributed by atoms with E-state index in [4.69, 9.17) is 9.94 Å². The van der Waals surface area contributed by atoms with E-state index in [-0.39, 0.29) is 33.6 Å². The van der Waals surface area contributed by atoms with E-state index < -0.39 is 11.4 Å². The first kappa shape index (κ1) is 16.7. The highest BCUT2D eigenvalue weighted by atomic mass is 16.8. The van der Waals surface area contributed by atoms with Crippen molar-refractivity contribution in [3.8, 4) is 0 Å². The number of ketones is 1. The van der Waals surface area contributed by atoms with Crippen LogP contribution in [-0.2, 0) is 9.53 Å². The summed E-state index contributed by atoms with van der Waals surface area (Å²) < 4.78 is 5.51. The van der Waals surface area contributed by atoms with Crippen molar-refractivity contribution >= 4 is 17.4 Å². The molecule has 3 rings (SSSR count). The number of carbonyl (C=O) groups is 2. The van der Waals surface area contributed by atoms with Gasteiger partial charge in [-0.3, -0.25) is 10.0 Å². The summed E-state index contributed by atoms with van der Waals surface area (Å²) in [6, 6.07) is 5.43. The van der Waals surface area contributed by atoms with Crippen LogP contribution in [0.2, 0.25) is 0 Å². The molecule has 24 heavy (non-hydrogen) atoms. The van der Waals surface area contributed by atoms with Gasteiger partial charge in [0.15, 0.2) is 5.78 Å². The molecule has 0 aliphatic heterocycles. The van der Waals surface area contributed by atoms with Gasteiger partial charge in [-0.05, 0) is 42.5 Å². The maximum absolute atomic E-state index is 12.5. The minimum atomic E-state index is -0.581. The predicted molar refractivity (Wildman–Crippen MR) is 87.2 cm³/mol. The van der Waals surface area contributed by atoms with Gasteiger partial charge < -0.3 is 15.2 Å². The van der Waals surface area contributed by atoms with Crippen LogP contribution < -0.4 is 5.23 Å². The first-order valence-electron chi connectivity index (χ1n) is 7.91. The average Bonchev–Trinajstić information content (AvgIpc) is 2.68. The van der Waals surface area contributed by atoms with Crippen LogP contribution in [0.25, 0.3) is 0 Å². The van der Waals surface area contributed by atoms with E-state index in [0.717, 1.165) is 12.8 Å². The number of benzene rings is 1. The molecule has 128 valence electrons. The van der Waals surface area contributed by atoms with E-state index in [1.165, 1.54) is 30.3 Å². The van der Waals surface area contributed by atoms with Crippen molar-refractivity contribution in [2.45, 2.75) is 33.6 Å². The molecule has 0 heterocycles. The zero-order chi connectivity index (χ0) is 17.7. The molecule has 0 unspecified atom stereocenters. The van der Waals surface area contributed by atoms with Gasteiger partial charge in [0.25, 0.3) is 0 Å². The maximum atomic E-state index is 12.5. The van der Waals surface area contributed by atoms with E-state index in [1.54, 1.807) is 0 Å². The molecule has 1 aromatic carbocycles. The van der Waals surface area contributed by atoms with E-state index in [1.807, 2.05) is 20.8 Å². The van der Waals surface area contributed by atoms with Crippen molar-refractivity contribution < 1.29 is 19.5 Å². The molecule has 0 saturated heterocycles. The first-order chi connectivity index (χ1) is 11.2. The summed E-state index contributed by atoms with van der Waals surface area (Å²) >= 11 is 0. The molecule has 1 saturated carbocycles. The minimum absolute atomic E-state index is 0.00155. The number of carbonyl (C=O) groups excluding carboxylic acids is 2. The van der Waals surface area contributed by atoms with E-state index in [9.17, 15) is 14.8 Å². The van der Waals surface area contributed by atoms with Gasteiger partial charge in [0.2, 0.25) is 0 Å². The van der Waals surface area contributed by atoms with E-state index >= 15 is 0 Å². The van der Waals surface area contributed by atoms with Crippen molar-refractivity contribution in [2.75, 3.05) is 5.23 Å². The molecule has 1 N–H and O–H groups in total. The van der Waals surface area contributed by atoms with Crippen LogP contribution in [0, 0.1) is 22.0 Å². The van der Waals surface area contributed by atoms with Gasteiger partial charge in [0.05, 0.1) is 11.3 Å². The molecule has 6 heteroatoms. The Balaban J connectivity index is 1.82. The third kappa shape index (κ3) is 2.34. The van der Waals surface area contributed by atoms with Crippen molar-refractivity contribution in [1.82, 2.24) is 0 Å². The van der Waals surface area contributed by atoms with Gasteiger partial charge in [-0.25, -0.2) is 4.79 Å². The number of fused-ring (bicyclic) bond motifs is 2. The number of nitrogens with zero attached hydrogens (tertiary/aromatic N) is 1. The fourth-order valence-corrected chi connectivity index (χ4v) is 3.82. The van der Waals surface area contributed by atoms with Crippen molar-refractivity contribution in [1.29, 1.82) is 0 Å². The molecule has 2 bridgehead atoms. The normalized spacial score (nSPS) is 27.6. The molecule has 0 amide bonds. The Bertz CT molecular complexity index is 719. The average molecular weight is 330 g/mol. The molecule has 0 radical (unpaired) electrons. The standard InChI is InChI=1S/C18H20NO5/c1-17(2)13-8-9-18(17,3)15(20)10-14(13)24-16(21)11-4-6-12(7-5-11)19(22)23/h4-7,10,13,22H,8-9H2,1-3H3/q-1/t13-,18+/m1/s1. The highest BCUT2D eigenvalue weighted by molar-refractivity contribution is 5.98.